The number of ether oxygens (including phenoxy) is 2. The summed E-state index contributed by atoms with van der Waals surface area (Å²) in [7, 11) is 1.81. The SMILES string of the molecule is CCN.COC12C=CC3C[C@H]1C1CCC(=O)C4OC2C3C41. The maximum absolute atomic E-state index is 12.1. The summed E-state index contributed by atoms with van der Waals surface area (Å²) in [6.07, 6.45) is 7.65. The Morgan fingerprint density at radius 2 is 2.24 bits per heavy atom. The van der Waals surface area contributed by atoms with Crippen molar-refractivity contribution in [3.63, 3.8) is 0 Å². The Morgan fingerprint density at radius 1 is 1.48 bits per heavy atom. The van der Waals surface area contributed by atoms with Gasteiger partial charge < -0.3 is 15.2 Å². The molecule has 7 unspecified atom stereocenters. The number of carbonyl (C=O) groups is 1. The quantitative estimate of drug-likeness (QED) is 0.744. The van der Waals surface area contributed by atoms with Crippen LogP contribution in [0.25, 0.3) is 0 Å². The average Bonchev–Trinajstić information content (AvgIpc) is 2.90. The normalized spacial score (nSPS) is 54.6. The molecule has 1 heterocycles. The van der Waals surface area contributed by atoms with Crippen LogP contribution in [0, 0.1) is 29.6 Å². The third-order valence-corrected chi connectivity index (χ3v) is 6.49. The fourth-order valence-electron chi connectivity index (χ4n) is 5.96. The summed E-state index contributed by atoms with van der Waals surface area (Å²) >= 11 is 0. The van der Waals surface area contributed by atoms with Crippen LogP contribution >= 0.6 is 0 Å². The molecule has 116 valence electrons. The Kier molecular flexibility index (Phi) is 3.08. The van der Waals surface area contributed by atoms with E-state index in [1.165, 1.54) is 6.42 Å². The zero-order valence-corrected chi connectivity index (χ0v) is 12.8. The number of hydrogen-bond acceptors (Lipinski definition) is 4. The fraction of sp³-hybridized carbons (Fsp3) is 0.824. The molecule has 0 aromatic rings. The molecule has 1 saturated heterocycles. The number of carbonyl (C=O) groups excluding carboxylic acids is 1. The van der Waals surface area contributed by atoms with E-state index >= 15 is 0 Å². The molecular weight excluding hydrogens is 266 g/mol. The molecule has 7 rings (SSSR count). The summed E-state index contributed by atoms with van der Waals surface area (Å²) < 4.78 is 12.2. The molecule has 4 saturated carbocycles. The largest absolute Gasteiger partial charge is 0.371 e. The Labute approximate surface area is 126 Å². The number of methoxy groups -OCH3 is 1. The van der Waals surface area contributed by atoms with Crippen LogP contribution in [-0.4, -0.2) is 37.2 Å². The van der Waals surface area contributed by atoms with E-state index < -0.39 is 0 Å². The van der Waals surface area contributed by atoms with E-state index in [4.69, 9.17) is 15.2 Å². The first kappa shape index (κ1) is 13.9. The smallest absolute Gasteiger partial charge is 0.161 e. The predicted octanol–water partition coefficient (Wildman–Crippen LogP) is 1.53. The van der Waals surface area contributed by atoms with Crippen LogP contribution in [0.15, 0.2) is 12.2 Å². The lowest BCUT2D eigenvalue weighted by atomic mass is 9.44. The monoisotopic (exact) mass is 291 g/mol. The number of ketones is 1. The topological polar surface area (TPSA) is 61.5 Å². The minimum Gasteiger partial charge on any atom is -0.371 e. The maximum Gasteiger partial charge on any atom is 0.161 e. The first-order valence-electron chi connectivity index (χ1n) is 8.30. The van der Waals surface area contributed by atoms with Crippen molar-refractivity contribution in [3.05, 3.63) is 12.2 Å². The van der Waals surface area contributed by atoms with Crippen molar-refractivity contribution >= 4 is 5.78 Å². The van der Waals surface area contributed by atoms with Gasteiger partial charge in [0.1, 0.15) is 11.7 Å². The third-order valence-electron chi connectivity index (χ3n) is 6.49. The van der Waals surface area contributed by atoms with Crippen molar-refractivity contribution in [2.24, 2.45) is 35.3 Å². The van der Waals surface area contributed by atoms with Crippen LogP contribution in [0.1, 0.15) is 26.2 Å². The van der Waals surface area contributed by atoms with Crippen LogP contribution in [-0.2, 0) is 14.3 Å². The highest BCUT2D eigenvalue weighted by atomic mass is 16.6. The molecule has 6 aliphatic carbocycles. The number of allylic oxidation sites excluding steroid dienone is 1. The second-order valence-corrected chi connectivity index (χ2v) is 7.13. The predicted molar refractivity (Wildman–Crippen MR) is 78.6 cm³/mol. The van der Waals surface area contributed by atoms with Gasteiger partial charge in [-0.1, -0.05) is 19.1 Å². The van der Waals surface area contributed by atoms with Crippen LogP contribution < -0.4 is 5.73 Å². The van der Waals surface area contributed by atoms with E-state index in [0.717, 1.165) is 19.4 Å². The van der Waals surface area contributed by atoms with Crippen LogP contribution in [0.4, 0.5) is 0 Å². The molecule has 5 fully saturated rings. The molecule has 0 spiro atoms. The Hall–Kier alpha value is -0.710. The zero-order chi connectivity index (χ0) is 14.8. The standard InChI is InChI=1S/C15H18O3.C2H7N/c1-17-15-5-4-7-6-9(15)8-2-3-10(16)13-12(8)11(7)14(15)18-13;1-2-3/h4-5,7-9,11-14H,2-3,6H2,1H3;2-3H2,1H3/t7?,8?,9-,11?,12?,13?,14?,15?;/m0./s1. The third kappa shape index (κ3) is 1.54. The van der Waals surface area contributed by atoms with Gasteiger partial charge >= 0.3 is 0 Å². The highest BCUT2D eigenvalue weighted by molar-refractivity contribution is 5.85. The molecular formula is C17H25NO3. The van der Waals surface area contributed by atoms with E-state index in [1.54, 1.807) is 0 Å². The molecule has 6 bridgehead atoms. The van der Waals surface area contributed by atoms with Gasteiger partial charge in [0.05, 0.1) is 6.10 Å². The minimum atomic E-state index is -0.222. The van der Waals surface area contributed by atoms with Crippen molar-refractivity contribution < 1.29 is 14.3 Å². The minimum absolute atomic E-state index is 0.110. The van der Waals surface area contributed by atoms with E-state index in [1.807, 2.05) is 14.0 Å². The molecule has 1 aliphatic heterocycles. The van der Waals surface area contributed by atoms with E-state index in [-0.39, 0.29) is 17.8 Å². The Morgan fingerprint density at radius 3 is 2.95 bits per heavy atom. The molecule has 4 nitrogen and oxygen atoms in total. The van der Waals surface area contributed by atoms with Crippen LogP contribution in [0.2, 0.25) is 0 Å². The molecule has 8 atom stereocenters. The van der Waals surface area contributed by atoms with Crippen LogP contribution in [0.3, 0.4) is 0 Å². The van der Waals surface area contributed by atoms with Crippen LogP contribution in [0.5, 0.6) is 0 Å². The van der Waals surface area contributed by atoms with Gasteiger partial charge in [-0.25, -0.2) is 0 Å². The van der Waals surface area contributed by atoms with Gasteiger partial charge in [0.2, 0.25) is 0 Å². The average molecular weight is 291 g/mol. The van der Waals surface area contributed by atoms with Gasteiger partial charge in [-0.3, -0.25) is 4.79 Å². The lowest BCUT2D eigenvalue weighted by Gasteiger charge is -2.62. The highest BCUT2D eigenvalue weighted by Crippen LogP contribution is 2.68. The first-order chi connectivity index (χ1) is 10.2. The molecule has 2 N–H and O–H groups in total. The summed E-state index contributed by atoms with van der Waals surface area (Å²) in [6, 6.07) is 0. The van der Waals surface area contributed by atoms with Crippen molar-refractivity contribution in [1.29, 1.82) is 0 Å². The maximum atomic E-state index is 12.1. The van der Waals surface area contributed by atoms with E-state index in [2.05, 4.69) is 12.2 Å². The van der Waals surface area contributed by atoms with Gasteiger partial charge in [-0.2, -0.15) is 0 Å². The summed E-state index contributed by atoms with van der Waals surface area (Å²) in [5.74, 6) is 3.24. The molecule has 21 heavy (non-hydrogen) atoms. The van der Waals surface area contributed by atoms with E-state index in [0.29, 0.717) is 35.4 Å². The summed E-state index contributed by atoms with van der Waals surface area (Å²) in [5, 5.41) is 0. The van der Waals surface area contributed by atoms with Crippen molar-refractivity contribution in [2.45, 2.75) is 44.0 Å². The lowest BCUT2D eigenvalue weighted by molar-refractivity contribution is -0.197. The number of nitrogens with two attached hydrogens (primary N) is 1. The van der Waals surface area contributed by atoms with E-state index in [9.17, 15) is 4.79 Å². The Bertz CT molecular complexity index is 490. The summed E-state index contributed by atoms with van der Waals surface area (Å²) in [6.45, 7) is 2.65. The molecule has 0 aromatic heterocycles. The number of Topliss-reactive ketones (excluding diaryl/α,β-unsaturated/α-hetero) is 1. The second kappa shape index (κ2) is 4.64. The highest BCUT2D eigenvalue weighted by Gasteiger charge is 2.73. The van der Waals surface area contributed by atoms with Crippen molar-refractivity contribution in [1.82, 2.24) is 0 Å². The lowest BCUT2D eigenvalue weighted by Crippen LogP contribution is -2.67. The number of rotatable bonds is 1. The second-order valence-electron chi connectivity index (χ2n) is 7.13. The summed E-state index contributed by atoms with van der Waals surface area (Å²) in [4.78, 5) is 12.1. The van der Waals surface area contributed by atoms with Gasteiger partial charge in [0, 0.05) is 25.4 Å². The van der Waals surface area contributed by atoms with Gasteiger partial charge in [-0.15, -0.1) is 0 Å². The van der Waals surface area contributed by atoms with Gasteiger partial charge in [0.25, 0.3) is 0 Å². The van der Waals surface area contributed by atoms with Crippen molar-refractivity contribution in [3.8, 4) is 0 Å². The molecule has 0 amide bonds. The first-order valence-corrected chi connectivity index (χ1v) is 8.30. The molecule has 4 heteroatoms. The summed E-state index contributed by atoms with van der Waals surface area (Å²) in [5.41, 5.74) is 4.62. The fourth-order valence-corrected chi connectivity index (χ4v) is 5.96. The molecule has 0 aromatic carbocycles. The zero-order valence-electron chi connectivity index (χ0n) is 12.8. The van der Waals surface area contributed by atoms with Gasteiger partial charge in [0.15, 0.2) is 5.78 Å². The molecule has 7 aliphatic rings. The Balaban J connectivity index is 0.000000357. The molecule has 0 radical (unpaired) electrons. The van der Waals surface area contributed by atoms with Crippen molar-refractivity contribution in [2.75, 3.05) is 13.7 Å². The van der Waals surface area contributed by atoms with Gasteiger partial charge in [-0.05, 0) is 37.1 Å². The number of hydrogen-bond donors (Lipinski definition) is 1.